The molecule has 1 aliphatic rings. The highest BCUT2D eigenvalue weighted by Crippen LogP contribution is 2.35. The fourth-order valence-electron chi connectivity index (χ4n) is 2.18. The second-order valence-corrected chi connectivity index (χ2v) is 5.46. The Kier molecular flexibility index (Phi) is 4.48. The zero-order valence-electron chi connectivity index (χ0n) is 12.4. The van der Waals surface area contributed by atoms with E-state index in [0.717, 1.165) is 18.2 Å². The van der Waals surface area contributed by atoms with Gasteiger partial charge < -0.3 is 0 Å². The van der Waals surface area contributed by atoms with Gasteiger partial charge in [0.05, 0.1) is 10.6 Å². The van der Waals surface area contributed by atoms with Crippen molar-refractivity contribution in [1.82, 2.24) is 15.5 Å². The van der Waals surface area contributed by atoms with Crippen LogP contribution < -0.4 is 5.53 Å². The summed E-state index contributed by atoms with van der Waals surface area (Å²) in [5.41, 5.74) is -0.127. The fourth-order valence-corrected chi connectivity index (χ4v) is 2.45. The molecule has 1 unspecified atom stereocenters. The molecule has 0 saturated heterocycles. The van der Waals surface area contributed by atoms with E-state index in [0.29, 0.717) is 17.3 Å². The smallest absolute Gasteiger partial charge is 0.267 e. The zero-order valence-corrected chi connectivity index (χ0v) is 13.2. The summed E-state index contributed by atoms with van der Waals surface area (Å²) in [4.78, 5) is 16.0. The van der Waals surface area contributed by atoms with Gasteiger partial charge in [0, 0.05) is 6.20 Å². The van der Waals surface area contributed by atoms with Crippen LogP contribution in [-0.4, -0.2) is 15.9 Å². The monoisotopic (exact) mass is 391 g/mol. The summed E-state index contributed by atoms with van der Waals surface area (Å²) < 4.78 is 65.7. The van der Waals surface area contributed by atoms with Crippen molar-refractivity contribution in [3.05, 3.63) is 63.9 Å². The van der Waals surface area contributed by atoms with Gasteiger partial charge in [-0.25, -0.2) is 13.8 Å². The summed E-state index contributed by atoms with van der Waals surface area (Å²) >= 11 is 5.82. The van der Waals surface area contributed by atoms with Gasteiger partial charge in [-0.2, -0.15) is 18.7 Å². The molecule has 6 nitrogen and oxygen atoms in total. The average molecular weight is 392 g/mol. The Labute approximate surface area is 147 Å². The maximum Gasteiger partial charge on any atom is 0.417 e. The van der Waals surface area contributed by atoms with Crippen molar-refractivity contribution in [2.75, 3.05) is 0 Å². The molecule has 136 valence electrons. The minimum absolute atomic E-state index is 0.251. The van der Waals surface area contributed by atoms with Crippen LogP contribution in [0.3, 0.4) is 0 Å². The van der Waals surface area contributed by atoms with Crippen LogP contribution in [0, 0.1) is 11.6 Å². The number of nitrogens with zero attached hydrogens (tertiary/aromatic N) is 4. The predicted molar refractivity (Wildman–Crippen MR) is 77.5 cm³/mol. The molecule has 26 heavy (non-hydrogen) atoms. The normalized spacial score (nSPS) is 16.7. The van der Waals surface area contributed by atoms with E-state index in [1.165, 1.54) is 0 Å². The van der Waals surface area contributed by atoms with Crippen LogP contribution >= 0.6 is 11.6 Å². The standard InChI is InChI=1S/C14H7ClF5N5O/c15-7-4-6(14(18,19)20)5-21-11(7)12-22-23-24-25(12)13(26)10-8(16)2-1-3-9(10)17/h1-5,12H,(H,22,24). The minimum atomic E-state index is -4.67. The number of rotatable bonds is 2. The molecular weight excluding hydrogens is 385 g/mol. The molecule has 1 aromatic heterocycles. The van der Waals surface area contributed by atoms with Gasteiger partial charge in [-0.15, -0.1) is 5.11 Å². The van der Waals surface area contributed by atoms with Crippen molar-refractivity contribution >= 4 is 17.5 Å². The molecule has 0 radical (unpaired) electrons. The Hall–Kier alpha value is -2.82. The number of pyridine rings is 1. The van der Waals surface area contributed by atoms with Gasteiger partial charge >= 0.3 is 6.18 Å². The van der Waals surface area contributed by atoms with Crippen molar-refractivity contribution in [2.24, 2.45) is 10.3 Å². The van der Waals surface area contributed by atoms with Crippen molar-refractivity contribution in [3.8, 4) is 0 Å². The third-order valence-corrected chi connectivity index (χ3v) is 3.70. The van der Waals surface area contributed by atoms with Crippen molar-refractivity contribution in [3.63, 3.8) is 0 Å². The van der Waals surface area contributed by atoms with Crippen LogP contribution in [0.2, 0.25) is 5.02 Å². The SMILES string of the molecule is O=C(c1c(F)cccc1F)N1NN=NC1c1ncc(C(F)(F)F)cc1Cl. The highest BCUT2D eigenvalue weighted by atomic mass is 35.5. The summed E-state index contributed by atoms with van der Waals surface area (Å²) in [6.07, 6.45) is -5.58. The molecule has 0 spiro atoms. The molecule has 0 fully saturated rings. The maximum absolute atomic E-state index is 13.8. The van der Waals surface area contributed by atoms with E-state index in [1.54, 1.807) is 0 Å². The second kappa shape index (κ2) is 6.48. The Morgan fingerprint density at radius 2 is 1.88 bits per heavy atom. The molecule has 2 heterocycles. The predicted octanol–water partition coefficient (Wildman–Crippen LogP) is 4.06. The Morgan fingerprint density at radius 3 is 2.46 bits per heavy atom. The molecule has 1 N–H and O–H groups in total. The Morgan fingerprint density at radius 1 is 1.23 bits per heavy atom. The van der Waals surface area contributed by atoms with Crippen LogP contribution in [0.4, 0.5) is 22.0 Å². The Balaban J connectivity index is 1.96. The second-order valence-electron chi connectivity index (χ2n) is 5.05. The fraction of sp³-hybridized carbons (Fsp3) is 0.143. The number of nitrogens with one attached hydrogen (secondary N) is 1. The lowest BCUT2D eigenvalue weighted by atomic mass is 10.1. The average Bonchev–Trinajstić information content (AvgIpc) is 3.03. The highest BCUT2D eigenvalue weighted by Gasteiger charge is 2.37. The molecule has 1 aromatic carbocycles. The number of alkyl halides is 3. The first-order chi connectivity index (χ1) is 12.2. The number of hydrogen-bond donors (Lipinski definition) is 1. The van der Waals surface area contributed by atoms with Crippen LogP contribution in [-0.2, 0) is 6.18 Å². The number of benzene rings is 1. The number of hydrazine groups is 1. The number of carbonyl (C=O) groups is 1. The van der Waals surface area contributed by atoms with E-state index in [9.17, 15) is 26.7 Å². The minimum Gasteiger partial charge on any atom is -0.267 e. The molecule has 1 aliphatic heterocycles. The molecule has 0 saturated carbocycles. The van der Waals surface area contributed by atoms with E-state index < -0.39 is 46.0 Å². The number of amides is 1. The van der Waals surface area contributed by atoms with Gasteiger partial charge in [0.2, 0.25) is 6.17 Å². The molecule has 2 aromatic rings. The lowest BCUT2D eigenvalue weighted by molar-refractivity contribution is -0.137. The van der Waals surface area contributed by atoms with Crippen molar-refractivity contribution < 1.29 is 26.7 Å². The summed E-state index contributed by atoms with van der Waals surface area (Å²) in [5, 5.41) is 7.10. The molecule has 0 aliphatic carbocycles. The molecule has 1 atom stereocenters. The van der Waals surface area contributed by atoms with E-state index in [2.05, 4.69) is 20.9 Å². The number of carbonyl (C=O) groups excluding carboxylic acids is 1. The highest BCUT2D eigenvalue weighted by molar-refractivity contribution is 6.31. The van der Waals surface area contributed by atoms with Gasteiger partial charge in [-0.05, 0) is 18.2 Å². The number of hydrogen-bond acceptors (Lipinski definition) is 5. The summed E-state index contributed by atoms with van der Waals surface area (Å²) in [5.74, 6) is -3.45. The van der Waals surface area contributed by atoms with Crippen LogP contribution in [0.15, 0.2) is 40.8 Å². The third-order valence-electron chi connectivity index (χ3n) is 3.40. The van der Waals surface area contributed by atoms with E-state index >= 15 is 0 Å². The van der Waals surface area contributed by atoms with E-state index in [1.807, 2.05) is 0 Å². The van der Waals surface area contributed by atoms with Gasteiger partial charge in [0.25, 0.3) is 5.91 Å². The zero-order chi connectivity index (χ0) is 19.1. The molecule has 3 rings (SSSR count). The first-order valence-electron chi connectivity index (χ1n) is 6.86. The van der Waals surface area contributed by atoms with Gasteiger partial charge in [0.1, 0.15) is 22.9 Å². The first-order valence-corrected chi connectivity index (χ1v) is 7.23. The molecule has 0 bridgehead atoms. The van der Waals surface area contributed by atoms with E-state index in [4.69, 9.17) is 11.6 Å². The van der Waals surface area contributed by atoms with E-state index in [-0.39, 0.29) is 5.69 Å². The van der Waals surface area contributed by atoms with Gasteiger partial charge in [-0.1, -0.05) is 22.9 Å². The number of aromatic nitrogens is 1. The molecular formula is C14H7ClF5N5O. The summed E-state index contributed by atoms with van der Waals surface area (Å²) in [6.45, 7) is 0. The largest absolute Gasteiger partial charge is 0.417 e. The van der Waals surface area contributed by atoms with Crippen LogP contribution in [0.1, 0.15) is 27.8 Å². The van der Waals surface area contributed by atoms with Crippen LogP contribution in [0.5, 0.6) is 0 Å². The quantitative estimate of drug-likeness (QED) is 0.785. The molecule has 12 heteroatoms. The lowest BCUT2D eigenvalue weighted by Gasteiger charge is -2.21. The summed E-state index contributed by atoms with van der Waals surface area (Å²) in [6, 6.07) is 3.42. The summed E-state index contributed by atoms with van der Waals surface area (Å²) in [7, 11) is 0. The Bertz CT molecular complexity index is 884. The molecule has 1 amide bonds. The van der Waals surface area contributed by atoms with Gasteiger partial charge in [0.15, 0.2) is 0 Å². The first kappa shape index (κ1) is 18.0. The van der Waals surface area contributed by atoms with Crippen molar-refractivity contribution in [1.29, 1.82) is 0 Å². The third kappa shape index (κ3) is 3.17. The topological polar surface area (TPSA) is 70.0 Å². The maximum atomic E-state index is 13.8. The number of halogens is 6. The lowest BCUT2D eigenvalue weighted by Crippen LogP contribution is -2.39. The van der Waals surface area contributed by atoms with Crippen LogP contribution in [0.25, 0.3) is 0 Å². The van der Waals surface area contributed by atoms with Gasteiger partial charge in [-0.3, -0.25) is 9.78 Å². The van der Waals surface area contributed by atoms with Crippen molar-refractivity contribution in [2.45, 2.75) is 12.3 Å².